The molecule has 1 amide bonds. The Labute approximate surface area is 132 Å². The van der Waals surface area contributed by atoms with E-state index in [-0.39, 0.29) is 5.91 Å². The third kappa shape index (κ3) is 3.74. The lowest BCUT2D eigenvalue weighted by Gasteiger charge is -2.46. The second-order valence-electron chi connectivity index (χ2n) is 5.80. The maximum atomic E-state index is 11.9. The Morgan fingerprint density at radius 2 is 2.33 bits per heavy atom. The summed E-state index contributed by atoms with van der Waals surface area (Å²) in [5, 5.41) is 14.3. The van der Waals surface area contributed by atoms with Gasteiger partial charge in [0.1, 0.15) is 0 Å². The van der Waals surface area contributed by atoms with Gasteiger partial charge >= 0.3 is 0 Å². The first-order valence-corrected chi connectivity index (χ1v) is 9.06. The molecule has 0 radical (unpaired) electrons. The number of likely N-dealkylation sites (tertiary alicyclic amines) is 1. The van der Waals surface area contributed by atoms with Gasteiger partial charge in [0.15, 0.2) is 0 Å². The van der Waals surface area contributed by atoms with Crippen molar-refractivity contribution in [1.29, 1.82) is 0 Å². The Kier molecular flexibility index (Phi) is 4.49. The zero-order chi connectivity index (χ0) is 14.9. The second kappa shape index (κ2) is 6.20. The number of amides is 1. The molecule has 1 saturated carbocycles. The SMILES string of the molecule is CCCSc1nsc(NC(=O)CN2CC(O)(C3CC3)C2)n1. The number of carbonyl (C=O) groups is 1. The lowest BCUT2D eigenvalue weighted by atomic mass is 9.89. The minimum absolute atomic E-state index is 0.0870. The Morgan fingerprint density at radius 3 is 3.00 bits per heavy atom. The predicted molar refractivity (Wildman–Crippen MR) is 83.7 cm³/mol. The molecule has 0 unspecified atom stereocenters. The van der Waals surface area contributed by atoms with Crippen molar-refractivity contribution in [3.8, 4) is 0 Å². The zero-order valence-electron chi connectivity index (χ0n) is 12.0. The Bertz CT molecular complexity index is 512. The van der Waals surface area contributed by atoms with Gasteiger partial charge in [0.05, 0.1) is 12.1 Å². The van der Waals surface area contributed by atoms with Crippen molar-refractivity contribution in [2.75, 3.05) is 30.7 Å². The molecule has 3 rings (SSSR count). The van der Waals surface area contributed by atoms with Gasteiger partial charge in [0.2, 0.25) is 16.2 Å². The second-order valence-corrected chi connectivity index (χ2v) is 7.62. The molecule has 2 aliphatic rings. The van der Waals surface area contributed by atoms with Crippen molar-refractivity contribution in [2.45, 2.75) is 36.9 Å². The van der Waals surface area contributed by atoms with Crippen molar-refractivity contribution in [3.05, 3.63) is 0 Å². The topological polar surface area (TPSA) is 78.4 Å². The normalized spacial score (nSPS) is 21.0. The summed E-state index contributed by atoms with van der Waals surface area (Å²) in [6.45, 7) is 3.64. The molecule has 0 atom stereocenters. The van der Waals surface area contributed by atoms with E-state index in [1.807, 2.05) is 4.90 Å². The number of hydrogen-bond donors (Lipinski definition) is 2. The molecule has 2 heterocycles. The van der Waals surface area contributed by atoms with Crippen LogP contribution in [0.5, 0.6) is 0 Å². The Morgan fingerprint density at radius 1 is 1.57 bits per heavy atom. The fourth-order valence-electron chi connectivity index (χ4n) is 2.59. The number of aromatic nitrogens is 2. The largest absolute Gasteiger partial charge is 0.387 e. The van der Waals surface area contributed by atoms with Crippen molar-refractivity contribution in [2.24, 2.45) is 5.92 Å². The number of β-amino-alcohol motifs (C(OH)–C–C–N with tert-alkyl or cyclic N) is 1. The monoisotopic (exact) mass is 328 g/mol. The number of nitrogens with zero attached hydrogens (tertiary/aromatic N) is 3. The van der Waals surface area contributed by atoms with E-state index in [0.29, 0.717) is 30.7 Å². The number of thioether (sulfide) groups is 1. The van der Waals surface area contributed by atoms with Crippen molar-refractivity contribution >= 4 is 34.3 Å². The molecule has 21 heavy (non-hydrogen) atoms. The first-order valence-electron chi connectivity index (χ1n) is 7.30. The van der Waals surface area contributed by atoms with Crippen LogP contribution in [-0.2, 0) is 4.79 Å². The first-order chi connectivity index (χ1) is 10.1. The van der Waals surface area contributed by atoms with Crippen molar-refractivity contribution < 1.29 is 9.90 Å². The molecule has 1 aliphatic carbocycles. The van der Waals surface area contributed by atoms with Gasteiger partial charge in [-0.2, -0.15) is 9.36 Å². The summed E-state index contributed by atoms with van der Waals surface area (Å²) >= 11 is 2.82. The van der Waals surface area contributed by atoms with Crippen LogP contribution in [0.2, 0.25) is 0 Å². The first kappa shape index (κ1) is 15.2. The average Bonchev–Trinajstić information content (AvgIpc) is 3.17. The lowest BCUT2D eigenvalue weighted by Crippen LogP contribution is -2.64. The van der Waals surface area contributed by atoms with Gasteiger partial charge in [-0.25, -0.2) is 0 Å². The van der Waals surface area contributed by atoms with E-state index in [2.05, 4.69) is 21.6 Å². The van der Waals surface area contributed by atoms with Crippen LogP contribution in [0.3, 0.4) is 0 Å². The summed E-state index contributed by atoms with van der Waals surface area (Å²) in [4.78, 5) is 18.2. The molecule has 6 nitrogen and oxygen atoms in total. The van der Waals surface area contributed by atoms with Crippen LogP contribution in [-0.4, -0.2) is 56.3 Å². The number of carbonyl (C=O) groups excluding carboxylic acids is 1. The Hall–Kier alpha value is -0.700. The van der Waals surface area contributed by atoms with Crippen molar-refractivity contribution in [1.82, 2.24) is 14.3 Å². The van der Waals surface area contributed by atoms with Gasteiger partial charge in [-0.05, 0) is 25.2 Å². The number of rotatable bonds is 7. The molecule has 0 bridgehead atoms. The number of nitrogens with one attached hydrogen (secondary N) is 1. The van der Waals surface area contributed by atoms with E-state index in [9.17, 15) is 9.90 Å². The van der Waals surface area contributed by atoms with E-state index < -0.39 is 5.60 Å². The van der Waals surface area contributed by atoms with Gasteiger partial charge in [-0.1, -0.05) is 18.7 Å². The van der Waals surface area contributed by atoms with Crippen LogP contribution in [0.1, 0.15) is 26.2 Å². The highest BCUT2D eigenvalue weighted by Crippen LogP contribution is 2.44. The smallest absolute Gasteiger partial charge is 0.240 e. The Balaban J connectivity index is 1.41. The van der Waals surface area contributed by atoms with E-state index in [0.717, 1.165) is 30.2 Å². The standard InChI is InChI=1S/C13H20N4O2S2/c1-2-5-20-12-15-11(21-16-12)14-10(18)6-17-7-13(19,8-17)9-3-4-9/h9,19H,2-8H2,1H3,(H,14,15,16,18). The van der Waals surface area contributed by atoms with Crippen molar-refractivity contribution in [3.63, 3.8) is 0 Å². The minimum atomic E-state index is -0.535. The third-order valence-corrected chi connectivity index (χ3v) is 5.59. The van der Waals surface area contributed by atoms with Crippen LogP contribution in [0.25, 0.3) is 0 Å². The highest BCUT2D eigenvalue weighted by Gasteiger charge is 2.51. The van der Waals surface area contributed by atoms with E-state index in [1.54, 1.807) is 11.8 Å². The maximum Gasteiger partial charge on any atom is 0.240 e. The predicted octanol–water partition coefficient (Wildman–Crippen LogP) is 1.44. The fraction of sp³-hybridized carbons (Fsp3) is 0.769. The van der Waals surface area contributed by atoms with Gasteiger partial charge < -0.3 is 5.11 Å². The number of hydrogen-bond acceptors (Lipinski definition) is 7. The quantitative estimate of drug-likeness (QED) is 0.737. The molecular formula is C13H20N4O2S2. The molecule has 0 aromatic carbocycles. The van der Waals surface area contributed by atoms with Gasteiger partial charge in [-0.15, -0.1) is 0 Å². The van der Waals surface area contributed by atoms with Crippen LogP contribution in [0.15, 0.2) is 5.16 Å². The minimum Gasteiger partial charge on any atom is -0.387 e. The summed E-state index contributed by atoms with van der Waals surface area (Å²) in [7, 11) is 0. The zero-order valence-corrected chi connectivity index (χ0v) is 13.7. The number of aliphatic hydroxyl groups is 1. The summed E-state index contributed by atoms with van der Waals surface area (Å²) in [6.07, 6.45) is 3.32. The van der Waals surface area contributed by atoms with Crippen LogP contribution >= 0.6 is 23.3 Å². The lowest BCUT2D eigenvalue weighted by molar-refractivity contribution is -0.132. The summed E-state index contributed by atoms with van der Waals surface area (Å²) < 4.78 is 4.20. The fourth-order valence-corrected chi connectivity index (χ4v) is 4.01. The van der Waals surface area contributed by atoms with Crippen LogP contribution < -0.4 is 5.32 Å². The molecule has 1 saturated heterocycles. The third-order valence-electron chi connectivity index (χ3n) is 3.79. The molecule has 0 spiro atoms. The van der Waals surface area contributed by atoms with E-state index in [4.69, 9.17) is 0 Å². The summed E-state index contributed by atoms with van der Waals surface area (Å²) in [6, 6.07) is 0. The summed E-state index contributed by atoms with van der Waals surface area (Å²) in [5.41, 5.74) is -0.535. The molecule has 2 fully saturated rings. The highest BCUT2D eigenvalue weighted by molar-refractivity contribution is 7.99. The maximum absolute atomic E-state index is 11.9. The molecular weight excluding hydrogens is 308 g/mol. The van der Waals surface area contributed by atoms with Gasteiger partial charge in [0.25, 0.3) is 0 Å². The molecule has 116 valence electrons. The molecule has 1 aromatic rings. The van der Waals surface area contributed by atoms with E-state index >= 15 is 0 Å². The number of anilines is 1. The average molecular weight is 328 g/mol. The highest BCUT2D eigenvalue weighted by atomic mass is 32.2. The van der Waals surface area contributed by atoms with Crippen LogP contribution in [0.4, 0.5) is 5.13 Å². The molecule has 2 N–H and O–H groups in total. The molecule has 1 aromatic heterocycles. The van der Waals surface area contributed by atoms with Gasteiger partial charge in [0, 0.05) is 30.4 Å². The van der Waals surface area contributed by atoms with Crippen LogP contribution in [0, 0.1) is 5.92 Å². The van der Waals surface area contributed by atoms with Gasteiger partial charge in [-0.3, -0.25) is 15.0 Å². The van der Waals surface area contributed by atoms with E-state index in [1.165, 1.54) is 11.5 Å². The summed E-state index contributed by atoms with van der Waals surface area (Å²) in [5.74, 6) is 1.35. The molecule has 1 aliphatic heterocycles. The molecule has 8 heteroatoms.